The molecule has 0 saturated heterocycles. The maximum Gasteiger partial charge on any atom is 4.00 e. The fourth-order valence-electron chi connectivity index (χ4n) is 0.759. The molecule has 24 heavy (non-hydrogen) atoms. The normalized spacial score (nSPS) is 10.1. The number of ether oxygens (including phenoxy) is 2. The number of carbonyl (C=O) groups excluding carboxylic acids is 2. The molecule has 0 atom stereocenters. The van der Waals surface area contributed by atoms with Crippen LogP contribution in [0.2, 0.25) is 0 Å². The molecule has 0 fully saturated rings. The van der Waals surface area contributed by atoms with Crippen molar-refractivity contribution in [3.8, 4) is 0 Å². The first kappa shape index (κ1) is 30.5. The zero-order valence-electron chi connectivity index (χ0n) is 14.5. The van der Waals surface area contributed by atoms with Gasteiger partial charge >= 0.3 is 33.7 Å². The van der Waals surface area contributed by atoms with Crippen LogP contribution in [0.4, 0.5) is 0 Å². The van der Waals surface area contributed by atoms with Gasteiger partial charge in [0.05, 0.1) is 13.2 Å². The van der Waals surface area contributed by atoms with Crippen LogP contribution in [0.5, 0.6) is 0 Å². The molecule has 0 heterocycles. The van der Waals surface area contributed by atoms with Crippen molar-refractivity contribution in [3.05, 3.63) is 23.7 Å². The van der Waals surface area contributed by atoms with E-state index in [1.807, 2.05) is 0 Å². The first-order chi connectivity index (χ1) is 10.7. The van der Waals surface area contributed by atoms with Crippen molar-refractivity contribution in [1.29, 1.82) is 0 Å². The van der Waals surface area contributed by atoms with E-state index in [-0.39, 0.29) is 52.9 Å². The van der Waals surface area contributed by atoms with Crippen molar-refractivity contribution in [1.82, 2.24) is 0 Å². The molecule has 0 aliphatic heterocycles. The summed E-state index contributed by atoms with van der Waals surface area (Å²) in [5, 5.41) is 39.0. The van der Waals surface area contributed by atoms with Crippen LogP contribution in [0.15, 0.2) is 23.7 Å². The van der Waals surface area contributed by atoms with Crippen molar-refractivity contribution >= 4 is 11.9 Å². The van der Waals surface area contributed by atoms with Crippen molar-refractivity contribution in [2.24, 2.45) is 0 Å². The molecule has 0 aliphatic carbocycles. The number of rotatable bonds is 6. The van der Waals surface area contributed by atoms with Gasteiger partial charge in [-0.15, -0.1) is 24.7 Å². The zero-order valence-corrected chi connectivity index (χ0v) is 16.0. The molecular formula is C15H24O8Ti. The Labute approximate surface area is 157 Å². The van der Waals surface area contributed by atoms with Crippen molar-refractivity contribution < 1.29 is 61.2 Å². The minimum atomic E-state index is -0.565. The Balaban J connectivity index is -0.000000128. The molecule has 0 aromatic heterocycles. The minimum absolute atomic E-state index is 0. The predicted octanol–water partition coefficient (Wildman–Crippen LogP) is -2.28. The Morgan fingerprint density at radius 3 is 1.25 bits per heavy atom. The third kappa shape index (κ3) is 37.2. The summed E-state index contributed by atoms with van der Waals surface area (Å²) < 4.78 is 8.87. The first-order valence-electron chi connectivity index (χ1n) is 6.95. The third-order valence-corrected chi connectivity index (χ3v) is 1.50. The van der Waals surface area contributed by atoms with E-state index in [1.165, 1.54) is 13.8 Å². The Hall–Kier alpha value is -1.35. The topological polar surface area (TPSA) is 145 Å². The van der Waals surface area contributed by atoms with Gasteiger partial charge in [-0.2, -0.15) is 0 Å². The summed E-state index contributed by atoms with van der Waals surface area (Å²) in [6, 6.07) is 0. The molecule has 9 heteroatoms. The quantitative estimate of drug-likeness (QED) is 0.217. The summed E-state index contributed by atoms with van der Waals surface area (Å²) in [5.74, 6) is -1.70. The largest absolute Gasteiger partial charge is 4.00 e. The van der Waals surface area contributed by atoms with Gasteiger partial charge in [-0.25, -0.2) is 9.59 Å². The van der Waals surface area contributed by atoms with Crippen LogP contribution in [0.1, 0.15) is 34.1 Å². The van der Waals surface area contributed by atoms with Crippen molar-refractivity contribution in [2.75, 3.05) is 26.4 Å². The van der Waals surface area contributed by atoms with Gasteiger partial charge < -0.3 is 29.9 Å². The second kappa shape index (κ2) is 23.9. The predicted molar refractivity (Wildman–Crippen MR) is 75.1 cm³/mol. The summed E-state index contributed by atoms with van der Waals surface area (Å²) in [6.07, 6.45) is 2.12. The second-order valence-corrected chi connectivity index (χ2v) is 3.78. The number of esters is 2. The minimum Gasteiger partial charge on any atom is -0.875 e. The maximum atomic E-state index is 10.4. The van der Waals surface area contributed by atoms with E-state index in [1.54, 1.807) is 13.8 Å². The van der Waals surface area contributed by atoms with Crippen LogP contribution in [-0.2, 0) is 40.8 Å². The SMILES string of the molecule is CCOC(=O)/C=C(/C)[O-].CCOC(=O)/C=C(/C)[O-].[O-]CCC[O-].[Ti+4]. The fraction of sp³-hybridized carbons (Fsp3) is 0.600. The van der Waals surface area contributed by atoms with Gasteiger partial charge in [0, 0.05) is 12.2 Å². The molecule has 8 nitrogen and oxygen atoms in total. The Kier molecular flexibility index (Phi) is 30.4. The average Bonchev–Trinajstić information content (AvgIpc) is 2.39. The molecule has 0 aromatic carbocycles. The molecule has 0 aromatic rings. The summed E-state index contributed by atoms with van der Waals surface area (Å²) in [4.78, 5) is 20.7. The molecule has 0 N–H and O–H groups in total. The van der Waals surface area contributed by atoms with Gasteiger partial charge in [-0.3, -0.25) is 0 Å². The average molecular weight is 380 g/mol. The van der Waals surface area contributed by atoms with Gasteiger partial charge in [0.2, 0.25) is 0 Å². The smallest absolute Gasteiger partial charge is 0.875 e. The summed E-state index contributed by atoms with van der Waals surface area (Å²) >= 11 is 0. The van der Waals surface area contributed by atoms with Gasteiger partial charge in [0.15, 0.2) is 0 Å². The first-order valence-corrected chi connectivity index (χ1v) is 6.95. The molecule has 0 spiro atoms. The molecule has 0 rings (SSSR count). The summed E-state index contributed by atoms with van der Waals surface area (Å²) in [5.41, 5.74) is 0. The maximum absolute atomic E-state index is 10.4. The van der Waals surface area contributed by atoms with Crippen molar-refractivity contribution in [2.45, 2.75) is 34.1 Å². The third-order valence-electron chi connectivity index (χ3n) is 1.50. The molecule has 0 bridgehead atoms. The Bertz CT molecular complexity index is 324. The van der Waals surface area contributed by atoms with Crippen LogP contribution in [0.3, 0.4) is 0 Å². The van der Waals surface area contributed by atoms with E-state index in [9.17, 15) is 30.0 Å². The van der Waals surface area contributed by atoms with Crippen LogP contribution in [-0.4, -0.2) is 38.4 Å². The second-order valence-electron chi connectivity index (χ2n) is 3.78. The van der Waals surface area contributed by atoms with Gasteiger partial charge in [0.1, 0.15) is 0 Å². The summed E-state index contributed by atoms with van der Waals surface area (Å²) in [7, 11) is 0. The van der Waals surface area contributed by atoms with Gasteiger partial charge in [-0.05, 0) is 13.8 Å². The molecule has 0 radical (unpaired) electrons. The van der Waals surface area contributed by atoms with Crippen molar-refractivity contribution in [3.63, 3.8) is 0 Å². The van der Waals surface area contributed by atoms with Crippen LogP contribution >= 0.6 is 0 Å². The number of carbonyl (C=O) groups is 2. The summed E-state index contributed by atoms with van der Waals surface area (Å²) in [6.45, 7) is 6.16. The molecule has 0 aliphatic rings. The molecular weight excluding hydrogens is 356 g/mol. The van der Waals surface area contributed by atoms with E-state index in [0.717, 1.165) is 12.2 Å². The zero-order chi connectivity index (χ0) is 18.7. The van der Waals surface area contributed by atoms with Crippen LogP contribution in [0, 0.1) is 0 Å². The van der Waals surface area contributed by atoms with E-state index in [4.69, 9.17) is 0 Å². The molecule has 136 valence electrons. The van der Waals surface area contributed by atoms with Crippen LogP contribution < -0.4 is 20.4 Å². The molecule has 0 unspecified atom stereocenters. The molecule has 0 amide bonds. The standard InChI is InChI=1S/2C6H10O3.C3H6O2.Ti/c2*1-3-9-6(8)4-5(2)7;4-2-1-3-5;/h2*4,7H,3H2,1-2H3;1-3H2;/q;;-2;+4/p-2/b2*5-4-;;. The van der Waals surface area contributed by atoms with Crippen LogP contribution in [0.25, 0.3) is 0 Å². The fourth-order valence-corrected chi connectivity index (χ4v) is 0.759. The van der Waals surface area contributed by atoms with E-state index < -0.39 is 11.9 Å². The van der Waals surface area contributed by atoms with E-state index in [2.05, 4.69) is 9.47 Å². The number of hydrogen-bond acceptors (Lipinski definition) is 8. The van der Waals surface area contributed by atoms with E-state index >= 15 is 0 Å². The van der Waals surface area contributed by atoms with Gasteiger partial charge in [-0.1, -0.05) is 20.3 Å². The van der Waals surface area contributed by atoms with Gasteiger partial charge in [0.25, 0.3) is 0 Å². The molecule has 0 saturated carbocycles. The Morgan fingerprint density at radius 1 is 0.833 bits per heavy atom. The Morgan fingerprint density at radius 2 is 1.12 bits per heavy atom. The number of allylic oxidation sites excluding steroid dienone is 2. The number of hydrogen-bond donors (Lipinski definition) is 0. The monoisotopic (exact) mass is 380 g/mol. The van der Waals surface area contributed by atoms with E-state index in [0.29, 0.717) is 13.2 Å².